The van der Waals surface area contributed by atoms with Gasteiger partial charge in [-0.15, -0.1) is 0 Å². The summed E-state index contributed by atoms with van der Waals surface area (Å²) in [4.78, 5) is 4.17. The summed E-state index contributed by atoms with van der Waals surface area (Å²) in [5.74, 6) is 5.69. The number of rotatable bonds is 2. The van der Waals surface area contributed by atoms with Crippen molar-refractivity contribution in [3.05, 3.63) is 83.2 Å². The van der Waals surface area contributed by atoms with Crippen LogP contribution in [0.25, 0.3) is 11.1 Å². The number of aryl methyl sites for hydroxylation is 1. The molecule has 0 bridgehead atoms. The van der Waals surface area contributed by atoms with Gasteiger partial charge in [0.2, 0.25) is 0 Å². The quantitative estimate of drug-likeness (QED) is 0.349. The number of isothiocyanates is 1. The Balaban J connectivity index is 1.85. The van der Waals surface area contributed by atoms with E-state index in [-0.39, 0.29) is 17.3 Å². The highest BCUT2D eigenvalue weighted by atomic mass is 32.1. The Morgan fingerprint density at radius 3 is 2.37 bits per heavy atom. The lowest BCUT2D eigenvalue weighted by molar-refractivity contribution is 0.422. The molecule has 1 aliphatic rings. The van der Waals surface area contributed by atoms with Crippen LogP contribution in [0, 0.1) is 30.0 Å². The fourth-order valence-electron chi connectivity index (χ4n) is 3.00. The Morgan fingerprint density at radius 2 is 1.74 bits per heavy atom. The topological polar surface area (TPSA) is 12.4 Å². The summed E-state index contributed by atoms with van der Waals surface area (Å²) in [6, 6.07) is 13.1. The van der Waals surface area contributed by atoms with Gasteiger partial charge in [0.15, 0.2) is 0 Å². The number of thiocarbonyl (C=S) groups is 1. The highest BCUT2D eigenvalue weighted by Crippen LogP contribution is 2.31. The Hall–Kier alpha value is -2.79. The molecule has 0 amide bonds. The van der Waals surface area contributed by atoms with Gasteiger partial charge in [-0.3, -0.25) is 0 Å². The van der Waals surface area contributed by atoms with Crippen LogP contribution in [0.15, 0.2) is 71.3 Å². The van der Waals surface area contributed by atoms with E-state index in [0.29, 0.717) is 5.56 Å². The summed E-state index contributed by atoms with van der Waals surface area (Å²) in [6.07, 6.45) is 5.90. The van der Waals surface area contributed by atoms with Crippen LogP contribution in [-0.2, 0) is 0 Å². The molecule has 0 radical (unpaired) electrons. The number of hydrogen-bond donors (Lipinski definition) is 0. The lowest BCUT2D eigenvalue weighted by Gasteiger charge is -2.28. The highest BCUT2D eigenvalue weighted by Gasteiger charge is 2.27. The molecular weight excluding hydrogens is 353 g/mol. The van der Waals surface area contributed by atoms with Gasteiger partial charge in [0.25, 0.3) is 0 Å². The molecule has 2 aromatic carbocycles. The minimum absolute atomic E-state index is 0.0499. The molecule has 1 nitrogen and oxygen atoms in total. The van der Waals surface area contributed by atoms with Gasteiger partial charge in [-0.2, -0.15) is 0 Å². The summed E-state index contributed by atoms with van der Waals surface area (Å²) in [7, 11) is 0. The first-order chi connectivity index (χ1) is 12.9. The molecule has 0 spiro atoms. The summed E-state index contributed by atoms with van der Waals surface area (Å²) in [5, 5.41) is 2.44. The number of hydrogen-bond acceptors (Lipinski definition) is 2. The van der Waals surface area contributed by atoms with Gasteiger partial charge in [0.1, 0.15) is 5.82 Å². The van der Waals surface area contributed by atoms with Crippen molar-refractivity contribution in [1.29, 1.82) is 0 Å². The van der Waals surface area contributed by atoms with Gasteiger partial charge in [0.05, 0.1) is 16.8 Å². The van der Waals surface area contributed by atoms with Crippen LogP contribution in [0.2, 0.25) is 0 Å². The van der Waals surface area contributed by atoms with Crippen LogP contribution in [-0.4, -0.2) is 11.2 Å². The van der Waals surface area contributed by atoms with E-state index in [9.17, 15) is 4.39 Å². The van der Waals surface area contributed by atoms with Crippen LogP contribution in [0.3, 0.4) is 0 Å². The monoisotopic (exact) mass is 373 g/mol. The van der Waals surface area contributed by atoms with Crippen molar-refractivity contribution in [2.24, 2.45) is 10.4 Å². The Labute approximate surface area is 165 Å². The molecule has 1 aliphatic carbocycles. The summed E-state index contributed by atoms with van der Waals surface area (Å²) < 4.78 is 14.5. The number of aliphatic imine (C=N–C) groups is 1. The van der Waals surface area contributed by atoms with Gasteiger partial charge in [-0.05, 0) is 48.5 Å². The van der Waals surface area contributed by atoms with Crippen molar-refractivity contribution in [3.8, 4) is 23.0 Å². The lowest BCUT2D eigenvalue weighted by Crippen LogP contribution is -2.26. The average molecular weight is 373 g/mol. The van der Waals surface area contributed by atoms with Crippen LogP contribution >= 0.6 is 12.2 Å². The normalized spacial score (nSPS) is 17.3. The van der Waals surface area contributed by atoms with Crippen molar-refractivity contribution >= 4 is 17.4 Å². The van der Waals surface area contributed by atoms with E-state index in [4.69, 9.17) is 12.2 Å². The van der Waals surface area contributed by atoms with Crippen molar-refractivity contribution in [2.75, 3.05) is 0 Å². The maximum Gasteiger partial charge on any atom is 0.139 e. The third-order valence-corrected chi connectivity index (χ3v) is 4.74. The zero-order valence-electron chi connectivity index (χ0n) is 15.6. The number of halogens is 1. The molecule has 27 heavy (non-hydrogen) atoms. The molecule has 0 saturated heterocycles. The van der Waals surface area contributed by atoms with Crippen LogP contribution in [0.1, 0.15) is 25.0 Å². The molecule has 3 heteroatoms. The predicted molar refractivity (Wildman–Crippen MR) is 113 cm³/mol. The third-order valence-electron chi connectivity index (χ3n) is 4.64. The molecule has 0 saturated carbocycles. The molecule has 2 aromatic rings. The van der Waals surface area contributed by atoms with Crippen molar-refractivity contribution in [2.45, 2.75) is 26.8 Å². The molecule has 1 unspecified atom stereocenters. The van der Waals surface area contributed by atoms with Crippen LogP contribution in [0.4, 0.5) is 4.39 Å². The first-order valence-electron chi connectivity index (χ1n) is 8.76. The Morgan fingerprint density at radius 1 is 1.04 bits per heavy atom. The minimum Gasteiger partial charge on any atom is -0.224 e. The SMILES string of the molecule is Cc1ccc(-c2ccc(C#CC3=CC(C)(C)C(N=C=S)C=C3)c(F)c2)cc1. The molecule has 0 heterocycles. The fraction of sp³-hybridized carbons (Fsp3) is 0.208. The predicted octanol–water partition coefficient (Wildman–Crippen LogP) is 6.15. The van der Waals surface area contributed by atoms with Crippen LogP contribution < -0.4 is 0 Å². The Bertz CT molecular complexity index is 1030. The zero-order valence-corrected chi connectivity index (χ0v) is 16.4. The lowest BCUT2D eigenvalue weighted by atomic mass is 9.79. The molecule has 0 N–H and O–H groups in total. The van der Waals surface area contributed by atoms with E-state index in [1.54, 1.807) is 6.07 Å². The highest BCUT2D eigenvalue weighted by molar-refractivity contribution is 7.78. The number of benzene rings is 2. The third kappa shape index (κ3) is 4.49. The molecule has 0 aliphatic heterocycles. The maximum absolute atomic E-state index is 14.5. The van der Waals surface area contributed by atoms with Crippen molar-refractivity contribution in [1.82, 2.24) is 0 Å². The largest absolute Gasteiger partial charge is 0.224 e. The first kappa shape index (κ1) is 19.0. The van der Waals surface area contributed by atoms with Gasteiger partial charge in [-0.25, -0.2) is 9.38 Å². The van der Waals surface area contributed by atoms with E-state index in [1.807, 2.05) is 55.5 Å². The second-order valence-corrected chi connectivity index (χ2v) is 7.44. The smallest absolute Gasteiger partial charge is 0.139 e. The molecule has 3 rings (SSSR count). The van der Waals surface area contributed by atoms with E-state index >= 15 is 0 Å². The zero-order chi connectivity index (χ0) is 19.4. The second kappa shape index (κ2) is 7.84. The molecule has 0 fully saturated rings. The minimum atomic E-state index is -0.316. The number of allylic oxidation sites excluding steroid dienone is 2. The van der Waals surface area contributed by atoms with Crippen molar-refractivity contribution < 1.29 is 4.39 Å². The van der Waals surface area contributed by atoms with Gasteiger partial charge in [-0.1, -0.05) is 73.7 Å². The average Bonchev–Trinajstić information content (AvgIpc) is 2.63. The summed E-state index contributed by atoms with van der Waals surface area (Å²) >= 11 is 4.71. The summed E-state index contributed by atoms with van der Waals surface area (Å²) in [5.41, 5.74) is 4.03. The van der Waals surface area contributed by atoms with E-state index in [0.717, 1.165) is 16.7 Å². The van der Waals surface area contributed by atoms with Crippen molar-refractivity contribution in [3.63, 3.8) is 0 Å². The molecule has 1 atom stereocenters. The Kier molecular flexibility index (Phi) is 5.51. The molecule has 134 valence electrons. The van der Waals surface area contributed by atoms with E-state index in [1.165, 1.54) is 11.6 Å². The van der Waals surface area contributed by atoms with Gasteiger partial charge < -0.3 is 0 Å². The fourth-order valence-corrected chi connectivity index (χ4v) is 3.12. The van der Waals surface area contributed by atoms with E-state index < -0.39 is 0 Å². The van der Waals surface area contributed by atoms with Gasteiger partial charge >= 0.3 is 0 Å². The number of nitrogens with zero attached hydrogens (tertiary/aromatic N) is 1. The summed E-state index contributed by atoms with van der Waals surface area (Å²) in [6.45, 7) is 6.16. The van der Waals surface area contributed by atoms with Gasteiger partial charge in [0, 0.05) is 11.0 Å². The van der Waals surface area contributed by atoms with E-state index in [2.05, 4.69) is 35.8 Å². The standard InChI is InChI=1S/C24H20FNS/c1-17-4-8-19(9-5-17)21-12-11-20(22(25)14-21)10-6-18-7-13-23(26-16-27)24(2,3)15-18/h4-5,7-9,11-15,23H,1-3H3. The van der Waals surface area contributed by atoms with Crippen LogP contribution in [0.5, 0.6) is 0 Å². The molecular formula is C24H20FNS. The molecule has 0 aromatic heterocycles. The maximum atomic E-state index is 14.5. The second-order valence-electron chi connectivity index (χ2n) is 7.26. The first-order valence-corrected chi connectivity index (χ1v) is 9.16.